The van der Waals surface area contributed by atoms with Crippen LogP contribution in [0.15, 0.2) is 24.3 Å². The van der Waals surface area contributed by atoms with E-state index in [2.05, 4.69) is 10.0 Å². The first-order valence-electron chi connectivity index (χ1n) is 4.65. The first-order chi connectivity index (χ1) is 7.40. The standard InChI is InChI=1S/C10H13N3O2S/c1-8(7-11)12-9-4-3-5-10(6-9)13-16(2,14)15/h3-6,8,12-13H,1-2H3. The third-order valence-electron chi connectivity index (χ3n) is 1.74. The summed E-state index contributed by atoms with van der Waals surface area (Å²) in [4.78, 5) is 0. The van der Waals surface area contributed by atoms with Crippen LogP contribution in [0.1, 0.15) is 6.92 Å². The molecule has 86 valence electrons. The van der Waals surface area contributed by atoms with Gasteiger partial charge in [0, 0.05) is 5.69 Å². The summed E-state index contributed by atoms with van der Waals surface area (Å²) < 4.78 is 24.4. The summed E-state index contributed by atoms with van der Waals surface area (Å²) >= 11 is 0. The van der Waals surface area contributed by atoms with E-state index >= 15 is 0 Å². The Labute approximate surface area is 95.1 Å². The molecule has 16 heavy (non-hydrogen) atoms. The summed E-state index contributed by atoms with van der Waals surface area (Å²) in [6.07, 6.45) is 1.09. The Bertz CT molecular complexity index is 505. The Hall–Kier alpha value is -1.74. The second-order valence-electron chi connectivity index (χ2n) is 3.45. The summed E-state index contributed by atoms with van der Waals surface area (Å²) in [5, 5.41) is 11.5. The Morgan fingerprint density at radius 1 is 1.38 bits per heavy atom. The van der Waals surface area contributed by atoms with E-state index in [9.17, 15) is 8.42 Å². The van der Waals surface area contributed by atoms with E-state index in [1.54, 1.807) is 31.2 Å². The smallest absolute Gasteiger partial charge is 0.229 e. The average Bonchev–Trinajstić information content (AvgIpc) is 2.15. The van der Waals surface area contributed by atoms with Crippen molar-refractivity contribution in [3.8, 4) is 6.07 Å². The molecule has 0 aliphatic carbocycles. The number of hydrogen-bond acceptors (Lipinski definition) is 4. The highest BCUT2D eigenvalue weighted by Crippen LogP contribution is 2.16. The number of nitrogens with one attached hydrogen (secondary N) is 2. The number of nitrogens with zero attached hydrogens (tertiary/aromatic N) is 1. The minimum Gasteiger partial charge on any atom is -0.370 e. The molecule has 0 aliphatic heterocycles. The van der Waals surface area contributed by atoms with Gasteiger partial charge in [0.15, 0.2) is 0 Å². The van der Waals surface area contributed by atoms with Crippen molar-refractivity contribution >= 4 is 21.4 Å². The lowest BCUT2D eigenvalue weighted by Crippen LogP contribution is -2.13. The van der Waals surface area contributed by atoms with E-state index in [1.165, 1.54) is 0 Å². The number of nitriles is 1. The highest BCUT2D eigenvalue weighted by molar-refractivity contribution is 7.92. The molecule has 0 aliphatic rings. The second kappa shape index (κ2) is 4.86. The van der Waals surface area contributed by atoms with Crippen LogP contribution in [0.3, 0.4) is 0 Å². The summed E-state index contributed by atoms with van der Waals surface area (Å²) in [5.41, 5.74) is 1.17. The van der Waals surface area contributed by atoms with Gasteiger partial charge in [-0.25, -0.2) is 8.42 Å². The normalized spacial score (nSPS) is 12.6. The zero-order valence-corrected chi connectivity index (χ0v) is 9.88. The van der Waals surface area contributed by atoms with Crippen LogP contribution in [-0.4, -0.2) is 20.7 Å². The molecule has 6 heteroatoms. The van der Waals surface area contributed by atoms with Gasteiger partial charge in [-0.05, 0) is 25.1 Å². The fraction of sp³-hybridized carbons (Fsp3) is 0.300. The summed E-state index contributed by atoms with van der Waals surface area (Å²) in [6, 6.07) is 8.46. The van der Waals surface area contributed by atoms with Crippen molar-refractivity contribution in [3.63, 3.8) is 0 Å². The topological polar surface area (TPSA) is 82.0 Å². The fourth-order valence-electron chi connectivity index (χ4n) is 1.17. The molecule has 0 fully saturated rings. The number of rotatable bonds is 4. The SMILES string of the molecule is CC(C#N)Nc1cccc(NS(C)(=O)=O)c1. The molecule has 0 radical (unpaired) electrons. The predicted molar refractivity (Wildman–Crippen MR) is 63.6 cm³/mol. The van der Waals surface area contributed by atoms with Crippen LogP contribution in [0.2, 0.25) is 0 Å². The van der Waals surface area contributed by atoms with Crippen LogP contribution in [0, 0.1) is 11.3 Å². The Morgan fingerprint density at radius 2 is 2.00 bits per heavy atom. The number of hydrogen-bond donors (Lipinski definition) is 2. The number of anilines is 2. The lowest BCUT2D eigenvalue weighted by Gasteiger charge is -2.10. The van der Waals surface area contributed by atoms with Crippen LogP contribution in [0.5, 0.6) is 0 Å². The lowest BCUT2D eigenvalue weighted by atomic mass is 10.2. The van der Waals surface area contributed by atoms with E-state index in [-0.39, 0.29) is 6.04 Å². The van der Waals surface area contributed by atoms with E-state index in [1.807, 2.05) is 6.07 Å². The zero-order valence-electron chi connectivity index (χ0n) is 9.06. The molecule has 1 unspecified atom stereocenters. The van der Waals surface area contributed by atoms with Crippen LogP contribution in [0.4, 0.5) is 11.4 Å². The van der Waals surface area contributed by atoms with Crippen LogP contribution in [-0.2, 0) is 10.0 Å². The van der Waals surface area contributed by atoms with Gasteiger partial charge in [0.05, 0.1) is 18.0 Å². The molecule has 0 spiro atoms. The molecule has 0 bridgehead atoms. The third kappa shape index (κ3) is 4.19. The van der Waals surface area contributed by atoms with Crippen molar-refractivity contribution in [2.24, 2.45) is 0 Å². The van der Waals surface area contributed by atoms with Crippen molar-refractivity contribution in [1.29, 1.82) is 5.26 Å². The van der Waals surface area contributed by atoms with Crippen molar-refractivity contribution in [3.05, 3.63) is 24.3 Å². The molecule has 0 saturated heterocycles. The van der Waals surface area contributed by atoms with Crippen molar-refractivity contribution in [2.75, 3.05) is 16.3 Å². The number of benzene rings is 1. The van der Waals surface area contributed by atoms with Crippen LogP contribution in [0.25, 0.3) is 0 Å². The maximum Gasteiger partial charge on any atom is 0.229 e. The van der Waals surface area contributed by atoms with Gasteiger partial charge < -0.3 is 5.32 Å². The summed E-state index contributed by atoms with van der Waals surface area (Å²) in [6.45, 7) is 1.72. The van der Waals surface area contributed by atoms with E-state index in [4.69, 9.17) is 5.26 Å². The molecule has 1 aromatic carbocycles. The molecule has 1 atom stereocenters. The molecule has 0 aromatic heterocycles. The second-order valence-corrected chi connectivity index (χ2v) is 5.20. The highest BCUT2D eigenvalue weighted by atomic mass is 32.2. The third-order valence-corrected chi connectivity index (χ3v) is 2.35. The highest BCUT2D eigenvalue weighted by Gasteiger charge is 2.03. The van der Waals surface area contributed by atoms with Gasteiger partial charge in [0.2, 0.25) is 10.0 Å². The van der Waals surface area contributed by atoms with Crippen molar-refractivity contribution in [2.45, 2.75) is 13.0 Å². The van der Waals surface area contributed by atoms with Gasteiger partial charge in [-0.15, -0.1) is 0 Å². The molecular weight excluding hydrogens is 226 g/mol. The molecule has 2 N–H and O–H groups in total. The van der Waals surface area contributed by atoms with Gasteiger partial charge in [-0.3, -0.25) is 4.72 Å². The van der Waals surface area contributed by atoms with Crippen molar-refractivity contribution < 1.29 is 8.42 Å². The molecule has 5 nitrogen and oxygen atoms in total. The molecule has 0 saturated carbocycles. The van der Waals surface area contributed by atoms with Gasteiger partial charge in [-0.2, -0.15) is 5.26 Å². The largest absolute Gasteiger partial charge is 0.370 e. The molecule has 0 heterocycles. The quantitative estimate of drug-likeness (QED) is 0.831. The summed E-state index contributed by atoms with van der Waals surface area (Å²) in [5.74, 6) is 0. The lowest BCUT2D eigenvalue weighted by molar-refractivity contribution is 0.607. The first kappa shape index (κ1) is 12.3. The Balaban J connectivity index is 2.84. The van der Waals surface area contributed by atoms with E-state index in [0.717, 1.165) is 6.26 Å². The molecule has 1 aromatic rings. The Morgan fingerprint density at radius 3 is 2.56 bits per heavy atom. The molecule has 0 amide bonds. The van der Waals surface area contributed by atoms with Gasteiger partial charge in [0.1, 0.15) is 6.04 Å². The monoisotopic (exact) mass is 239 g/mol. The number of sulfonamides is 1. The fourth-order valence-corrected chi connectivity index (χ4v) is 1.72. The van der Waals surface area contributed by atoms with Gasteiger partial charge in [-0.1, -0.05) is 6.07 Å². The molecular formula is C10H13N3O2S. The van der Waals surface area contributed by atoms with E-state index in [0.29, 0.717) is 11.4 Å². The molecule has 1 rings (SSSR count). The Kier molecular flexibility index (Phi) is 3.74. The average molecular weight is 239 g/mol. The summed E-state index contributed by atoms with van der Waals surface area (Å²) in [7, 11) is -3.27. The minimum atomic E-state index is -3.27. The van der Waals surface area contributed by atoms with Gasteiger partial charge >= 0.3 is 0 Å². The maximum absolute atomic E-state index is 11.0. The van der Waals surface area contributed by atoms with Crippen LogP contribution < -0.4 is 10.0 Å². The minimum absolute atomic E-state index is 0.325. The van der Waals surface area contributed by atoms with Gasteiger partial charge in [0.25, 0.3) is 0 Å². The zero-order chi connectivity index (χ0) is 12.2. The first-order valence-corrected chi connectivity index (χ1v) is 6.54. The predicted octanol–water partition coefficient (Wildman–Crippen LogP) is 1.38. The van der Waals surface area contributed by atoms with Crippen molar-refractivity contribution in [1.82, 2.24) is 0 Å². The maximum atomic E-state index is 11.0. The van der Waals surface area contributed by atoms with Crippen LogP contribution >= 0.6 is 0 Å². The van der Waals surface area contributed by atoms with E-state index < -0.39 is 10.0 Å².